The number of aliphatic imine (C=N–C) groups is 1. The number of rotatable bonds is 4. The van der Waals surface area contributed by atoms with E-state index in [-0.39, 0.29) is 17.2 Å². The van der Waals surface area contributed by atoms with Gasteiger partial charge in [-0.25, -0.2) is 4.79 Å². The van der Waals surface area contributed by atoms with Gasteiger partial charge in [-0.1, -0.05) is 18.2 Å². The number of nitrogens with zero attached hydrogens (tertiary/aromatic N) is 1. The first-order valence-electron chi connectivity index (χ1n) is 7.10. The number of carboxylic acid groups (broad SMARTS) is 1. The fourth-order valence-electron chi connectivity index (χ4n) is 2.37. The summed E-state index contributed by atoms with van der Waals surface area (Å²) in [5.41, 5.74) is 3.32. The Morgan fingerprint density at radius 3 is 2.83 bits per heavy atom. The van der Waals surface area contributed by atoms with Crippen molar-refractivity contribution in [3.05, 3.63) is 65.2 Å². The van der Waals surface area contributed by atoms with E-state index in [0.717, 1.165) is 23.2 Å². The van der Waals surface area contributed by atoms with E-state index in [1.54, 1.807) is 24.3 Å². The number of hydrogen-bond acceptors (Lipinski definition) is 3. The molecule has 0 saturated heterocycles. The van der Waals surface area contributed by atoms with Gasteiger partial charge in [0, 0.05) is 18.7 Å². The van der Waals surface area contributed by atoms with E-state index in [2.05, 4.69) is 10.3 Å². The summed E-state index contributed by atoms with van der Waals surface area (Å²) in [5, 5.41) is 11.7. The molecule has 2 N–H and O–H groups in total. The average molecular weight is 306 g/mol. The number of hydrogen-bond donors (Lipinski definition) is 2. The SMILES string of the molecule is O=C(/C=C/c1ccc2c(c1)CC=N2)Nc1ccccc1C(=O)O. The Kier molecular flexibility index (Phi) is 4.01. The predicted octanol–water partition coefficient (Wildman–Crippen LogP) is 3.30. The number of fused-ring (bicyclic) bond motifs is 1. The van der Waals surface area contributed by atoms with Gasteiger partial charge in [-0.15, -0.1) is 0 Å². The lowest BCUT2D eigenvalue weighted by molar-refractivity contribution is -0.111. The first-order valence-corrected chi connectivity index (χ1v) is 7.10. The number of anilines is 1. The molecule has 114 valence electrons. The van der Waals surface area contributed by atoms with Crippen LogP contribution in [0.3, 0.4) is 0 Å². The summed E-state index contributed by atoms with van der Waals surface area (Å²) in [6.07, 6.45) is 5.73. The van der Waals surface area contributed by atoms with Gasteiger partial charge in [0.2, 0.25) is 5.91 Å². The summed E-state index contributed by atoms with van der Waals surface area (Å²) in [4.78, 5) is 27.3. The average Bonchev–Trinajstić information content (AvgIpc) is 3.01. The first-order chi connectivity index (χ1) is 11.1. The molecule has 1 amide bonds. The van der Waals surface area contributed by atoms with Crippen LogP contribution in [0.15, 0.2) is 53.5 Å². The van der Waals surface area contributed by atoms with Crippen LogP contribution in [0, 0.1) is 0 Å². The normalized spacial score (nSPS) is 12.3. The zero-order chi connectivity index (χ0) is 16.2. The van der Waals surface area contributed by atoms with Crippen molar-refractivity contribution in [2.45, 2.75) is 6.42 Å². The van der Waals surface area contributed by atoms with Crippen LogP contribution in [-0.2, 0) is 11.2 Å². The van der Waals surface area contributed by atoms with Gasteiger partial charge in [0.1, 0.15) is 0 Å². The van der Waals surface area contributed by atoms with Crippen LogP contribution in [0.2, 0.25) is 0 Å². The van der Waals surface area contributed by atoms with Crippen molar-refractivity contribution in [2.75, 3.05) is 5.32 Å². The maximum Gasteiger partial charge on any atom is 0.337 e. The molecule has 3 rings (SSSR count). The maximum absolute atomic E-state index is 12.0. The number of amides is 1. The summed E-state index contributed by atoms with van der Waals surface area (Å²) in [6.45, 7) is 0. The molecule has 0 spiro atoms. The molecule has 0 atom stereocenters. The quantitative estimate of drug-likeness (QED) is 0.851. The van der Waals surface area contributed by atoms with Gasteiger partial charge in [-0.2, -0.15) is 0 Å². The molecule has 0 aliphatic carbocycles. The number of carbonyl (C=O) groups is 2. The van der Waals surface area contributed by atoms with E-state index in [9.17, 15) is 9.59 Å². The van der Waals surface area contributed by atoms with Crippen LogP contribution in [-0.4, -0.2) is 23.2 Å². The van der Waals surface area contributed by atoms with E-state index < -0.39 is 5.97 Å². The molecule has 0 radical (unpaired) electrons. The van der Waals surface area contributed by atoms with Crippen LogP contribution in [0.25, 0.3) is 6.08 Å². The van der Waals surface area contributed by atoms with Crippen LogP contribution < -0.4 is 5.32 Å². The second-order valence-corrected chi connectivity index (χ2v) is 5.08. The molecule has 0 unspecified atom stereocenters. The zero-order valence-corrected chi connectivity index (χ0v) is 12.2. The topological polar surface area (TPSA) is 78.8 Å². The van der Waals surface area contributed by atoms with Crippen molar-refractivity contribution in [1.29, 1.82) is 0 Å². The van der Waals surface area contributed by atoms with Crippen LogP contribution in [0.1, 0.15) is 21.5 Å². The lowest BCUT2D eigenvalue weighted by atomic mass is 10.1. The minimum atomic E-state index is -1.08. The second-order valence-electron chi connectivity index (χ2n) is 5.08. The molecule has 2 aromatic carbocycles. The molecular formula is C18H14N2O3. The molecule has 0 aromatic heterocycles. The highest BCUT2D eigenvalue weighted by atomic mass is 16.4. The number of carbonyl (C=O) groups excluding carboxylic acids is 1. The number of para-hydroxylation sites is 1. The minimum absolute atomic E-state index is 0.0592. The summed E-state index contributed by atoms with van der Waals surface area (Å²) >= 11 is 0. The highest BCUT2D eigenvalue weighted by molar-refractivity contribution is 6.06. The number of aromatic carboxylic acids is 1. The van der Waals surface area contributed by atoms with E-state index in [0.29, 0.717) is 0 Å². The fourth-order valence-corrected chi connectivity index (χ4v) is 2.37. The minimum Gasteiger partial charge on any atom is -0.478 e. The molecular weight excluding hydrogens is 292 g/mol. The van der Waals surface area contributed by atoms with Crippen LogP contribution >= 0.6 is 0 Å². The standard InChI is InChI=1S/C18H14N2O3/c21-17(20-16-4-2-1-3-14(16)18(22)23)8-6-12-5-7-15-13(11-12)9-10-19-15/h1-8,10-11H,9H2,(H,20,21)(H,22,23)/b8-6+. The zero-order valence-electron chi connectivity index (χ0n) is 12.2. The van der Waals surface area contributed by atoms with Gasteiger partial charge >= 0.3 is 5.97 Å². The first kappa shape index (κ1) is 14.7. The number of benzene rings is 2. The third-order valence-electron chi connectivity index (χ3n) is 3.49. The smallest absolute Gasteiger partial charge is 0.337 e. The Bertz CT molecular complexity index is 838. The molecule has 0 fully saturated rings. The van der Waals surface area contributed by atoms with Crippen LogP contribution in [0.5, 0.6) is 0 Å². The van der Waals surface area contributed by atoms with Crippen molar-refractivity contribution in [2.24, 2.45) is 4.99 Å². The second kappa shape index (κ2) is 6.27. The monoisotopic (exact) mass is 306 g/mol. The molecule has 0 bridgehead atoms. The van der Waals surface area contributed by atoms with Gasteiger partial charge in [0.15, 0.2) is 0 Å². The van der Waals surface area contributed by atoms with E-state index in [4.69, 9.17) is 5.11 Å². The molecule has 0 saturated carbocycles. The van der Waals surface area contributed by atoms with Gasteiger partial charge in [0.05, 0.1) is 16.9 Å². The Labute approximate surface area is 133 Å². The van der Waals surface area contributed by atoms with Crippen LogP contribution in [0.4, 0.5) is 11.4 Å². The molecule has 1 heterocycles. The Balaban J connectivity index is 1.71. The fraction of sp³-hybridized carbons (Fsp3) is 0.0556. The predicted molar refractivity (Wildman–Crippen MR) is 89.4 cm³/mol. The lowest BCUT2D eigenvalue weighted by Gasteiger charge is -2.06. The molecule has 1 aliphatic rings. The Morgan fingerprint density at radius 2 is 2.00 bits per heavy atom. The van der Waals surface area contributed by atoms with E-state index >= 15 is 0 Å². The van der Waals surface area contributed by atoms with Gasteiger partial charge in [0.25, 0.3) is 0 Å². The third kappa shape index (κ3) is 3.35. The van der Waals surface area contributed by atoms with Crippen molar-refractivity contribution < 1.29 is 14.7 Å². The highest BCUT2D eigenvalue weighted by Crippen LogP contribution is 2.25. The van der Waals surface area contributed by atoms with E-state index in [1.165, 1.54) is 12.1 Å². The largest absolute Gasteiger partial charge is 0.478 e. The Hall–Kier alpha value is -3.21. The maximum atomic E-state index is 12.0. The summed E-state index contributed by atoms with van der Waals surface area (Å²) in [5.74, 6) is -1.46. The summed E-state index contributed by atoms with van der Waals surface area (Å²) in [6, 6.07) is 12.1. The molecule has 2 aromatic rings. The molecule has 23 heavy (non-hydrogen) atoms. The summed E-state index contributed by atoms with van der Waals surface area (Å²) in [7, 11) is 0. The highest BCUT2D eigenvalue weighted by Gasteiger charge is 2.10. The molecule has 5 nitrogen and oxygen atoms in total. The number of nitrogens with one attached hydrogen (secondary N) is 1. The van der Waals surface area contributed by atoms with Crippen molar-refractivity contribution in [3.8, 4) is 0 Å². The summed E-state index contributed by atoms with van der Waals surface area (Å²) < 4.78 is 0. The van der Waals surface area contributed by atoms with Crippen molar-refractivity contribution >= 4 is 35.5 Å². The third-order valence-corrected chi connectivity index (χ3v) is 3.49. The van der Waals surface area contributed by atoms with Crippen molar-refractivity contribution in [1.82, 2.24) is 0 Å². The number of carboxylic acids is 1. The lowest BCUT2D eigenvalue weighted by Crippen LogP contribution is -2.11. The molecule has 5 heteroatoms. The van der Waals surface area contributed by atoms with Gasteiger partial charge < -0.3 is 10.4 Å². The van der Waals surface area contributed by atoms with Gasteiger partial charge in [-0.05, 0) is 41.5 Å². The van der Waals surface area contributed by atoms with E-state index in [1.807, 2.05) is 24.4 Å². The molecule has 1 aliphatic heterocycles. The van der Waals surface area contributed by atoms with Gasteiger partial charge in [-0.3, -0.25) is 9.79 Å². The Morgan fingerprint density at radius 1 is 1.17 bits per heavy atom. The van der Waals surface area contributed by atoms with Crippen molar-refractivity contribution in [3.63, 3.8) is 0 Å².